The Labute approximate surface area is 104 Å². The third-order valence-electron chi connectivity index (χ3n) is 2.65. The fraction of sp³-hybridized carbons (Fsp3) is 0.692. The lowest BCUT2D eigenvalue weighted by molar-refractivity contribution is 0.705. The molecule has 0 unspecified atom stereocenters. The van der Waals surface area contributed by atoms with Gasteiger partial charge >= 0.3 is 0 Å². The molecular formula is C13H24N4. The van der Waals surface area contributed by atoms with Gasteiger partial charge < -0.3 is 10.6 Å². The van der Waals surface area contributed by atoms with Gasteiger partial charge in [-0.25, -0.2) is 9.97 Å². The molecule has 0 spiro atoms. The van der Waals surface area contributed by atoms with Crippen LogP contribution in [0.2, 0.25) is 0 Å². The molecule has 0 atom stereocenters. The summed E-state index contributed by atoms with van der Waals surface area (Å²) in [5.41, 5.74) is 6.62. The summed E-state index contributed by atoms with van der Waals surface area (Å²) in [6, 6.07) is 2.06. The molecule has 0 amide bonds. The summed E-state index contributed by atoms with van der Waals surface area (Å²) >= 11 is 0. The first-order valence-corrected chi connectivity index (χ1v) is 6.50. The third-order valence-corrected chi connectivity index (χ3v) is 2.65. The molecule has 2 N–H and O–H groups in total. The van der Waals surface area contributed by atoms with Crippen LogP contribution in [0.5, 0.6) is 0 Å². The van der Waals surface area contributed by atoms with Crippen molar-refractivity contribution in [1.82, 2.24) is 9.97 Å². The van der Waals surface area contributed by atoms with Gasteiger partial charge in [0.05, 0.1) is 0 Å². The lowest BCUT2D eigenvalue weighted by atomic mass is 10.3. The molecule has 1 aromatic heterocycles. The van der Waals surface area contributed by atoms with Crippen LogP contribution < -0.4 is 10.6 Å². The van der Waals surface area contributed by atoms with Crippen molar-refractivity contribution < 1.29 is 0 Å². The molecule has 0 aliphatic carbocycles. The molecule has 0 fully saturated rings. The Kier molecular flexibility index (Phi) is 5.91. The van der Waals surface area contributed by atoms with Crippen LogP contribution >= 0.6 is 0 Å². The van der Waals surface area contributed by atoms with Crippen molar-refractivity contribution in [2.75, 3.05) is 24.5 Å². The fourth-order valence-corrected chi connectivity index (χ4v) is 1.83. The molecule has 1 aromatic rings. The number of nitrogens with zero attached hydrogens (tertiary/aromatic N) is 3. The molecule has 1 rings (SSSR count). The molecule has 17 heavy (non-hydrogen) atoms. The first kappa shape index (κ1) is 13.9. The number of anilines is 1. The number of aryl methyl sites for hydroxylation is 2. The molecule has 0 radical (unpaired) electrons. The SMILES string of the molecule is CCCN(CCCN)c1cc(C)nc(CC)n1. The Hall–Kier alpha value is -1.16. The highest BCUT2D eigenvalue weighted by Gasteiger charge is 2.08. The quantitative estimate of drug-likeness (QED) is 0.785. The second kappa shape index (κ2) is 7.22. The van der Waals surface area contributed by atoms with Gasteiger partial charge in [0.15, 0.2) is 0 Å². The van der Waals surface area contributed by atoms with E-state index in [0.29, 0.717) is 0 Å². The fourth-order valence-electron chi connectivity index (χ4n) is 1.83. The summed E-state index contributed by atoms with van der Waals surface area (Å²) in [6.07, 6.45) is 3.01. The molecule has 0 saturated carbocycles. The van der Waals surface area contributed by atoms with Gasteiger partial charge in [0, 0.05) is 31.3 Å². The van der Waals surface area contributed by atoms with Gasteiger partial charge in [-0.05, 0) is 26.3 Å². The van der Waals surface area contributed by atoms with Crippen LogP contribution in [0, 0.1) is 6.92 Å². The van der Waals surface area contributed by atoms with E-state index in [4.69, 9.17) is 5.73 Å². The Bertz CT molecular complexity index is 338. The predicted octanol–water partition coefficient (Wildman–Crippen LogP) is 1.91. The van der Waals surface area contributed by atoms with Crippen LogP contribution in [-0.4, -0.2) is 29.6 Å². The molecule has 1 heterocycles. The second-order valence-corrected chi connectivity index (χ2v) is 4.27. The van der Waals surface area contributed by atoms with Crippen LogP contribution in [0.25, 0.3) is 0 Å². The van der Waals surface area contributed by atoms with Crippen LogP contribution in [0.3, 0.4) is 0 Å². The van der Waals surface area contributed by atoms with Crippen molar-refractivity contribution in [1.29, 1.82) is 0 Å². The summed E-state index contributed by atoms with van der Waals surface area (Å²) in [5.74, 6) is 1.97. The molecular weight excluding hydrogens is 212 g/mol. The van der Waals surface area contributed by atoms with E-state index in [9.17, 15) is 0 Å². The average molecular weight is 236 g/mol. The minimum atomic E-state index is 0.727. The third kappa shape index (κ3) is 4.30. The highest BCUT2D eigenvalue weighted by atomic mass is 15.2. The molecule has 0 bridgehead atoms. The summed E-state index contributed by atoms with van der Waals surface area (Å²) in [7, 11) is 0. The first-order chi connectivity index (χ1) is 8.21. The maximum atomic E-state index is 5.58. The molecule has 4 heteroatoms. The molecule has 0 aliphatic heterocycles. The zero-order chi connectivity index (χ0) is 12.7. The summed E-state index contributed by atoms with van der Waals surface area (Å²) in [5, 5.41) is 0. The minimum Gasteiger partial charge on any atom is -0.356 e. The standard InChI is InChI=1S/C13H24N4/c1-4-8-17(9-6-7-14)13-10-11(3)15-12(5-2)16-13/h10H,4-9,14H2,1-3H3. The zero-order valence-electron chi connectivity index (χ0n) is 11.2. The van der Waals surface area contributed by atoms with Gasteiger partial charge in [0.2, 0.25) is 0 Å². The molecule has 0 aliphatic rings. The Morgan fingerprint density at radius 2 is 2.00 bits per heavy atom. The number of aromatic nitrogens is 2. The lowest BCUT2D eigenvalue weighted by Crippen LogP contribution is -2.28. The smallest absolute Gasteiger partial charge is 0.132 e. The first-order valence-electron chi connectivity index (χ1n) is 6.50. The number of rotatable bonds is 7. The van der Waals surface area contributed by atoms with Crippen molar-refractivity contribution in [2.24, 2.45) is 5.73 Å². The van der Waals surface area contributed by atoms with Crippen LogP contribution in [0.4, 0.5) is 5.82 Å². The van der Waals surface area contributed by atoms with E-state index >= 15 is 0 Å². The van der Waals surface area contributed by atoms with E-state index in [1.54, 1.807) is 0 Å². The van der Waals surface area contributed by atoms with Crippen molar-refractivity contribution in [3.63, 3.8) is 0 Å². The molecule has 0 saturated heterocycles. The second-order valence-electron chi connectivity index (χ2n) is 4.27. The van der Waals surface area contributed by atoms with E-state index < -0.39 is 0 Å². The molecule has 4 nitrogen and oxygen atoms in total. The van der Waals surface area contributed by atoms with E-state index in [1.807, 2.05) is 6.92 Å². The van der Waals surface area contributed by atoms with Gasteiger partial charge in [0.25, 0.3) is 0 Å². The highest BCUT2D eigenvalue weighted by molar-refractivity contribution is 5.39. The maximum Gasteiger partial charge on any atom is 0.132 e. The van der Waals surface area contributed by atoms with E-state index in [-0.39, 0.29) is 0 Å². The number of hydrogen-bond acceptors (Lipinski definition) is 4. The van der Waals surface area contributed by atoms with E-state index in [1.165, 1.54) is 0 Å². The average Bonchev–Trinajstić information content (AvgIpc) is 2.33. The highest BCUT2D eigenvalue weighted by Crippen LogP contribution is 2.13. The van der Waals surface area contributed by atoms with Crippen molar-refractivity contribution >= 4 is 5.82 Å². The summed E-state index contributed by atoms with van der Waals surface area (Å²) in [4.78, 5) is 11.3. The van der Waals surface area contributed by atoms with Gasteiger partial charge in [-0.15, -0.1) is 0 Å². The van der Waals surface area contributed by atoms with Crippen molar-refractivity contribution in [2.45, 2.75) is 40.0 Å². The van der Waals surface area contributed by atoms with Crippen LogP contribution in [0.1, 0.15) is 38.2 Å². The number of hydrogen-bond donors (Lipinski definition) is 1. The van der Waals surface area contributed by atoms with Gasteiger partial charge in [-0.3, -0.25) is 0 Å². The molecule has 0 aromatic carbocycles. The van der Waals surface area contributed by atoms with E-state index in [0.717, 1.165) is 56.2 Å². The summed E-state index contributed by atoms with van der Waals surface area (Å²) < 4.78 is 0. The normalized spacial score (nSPS) is 10.6. The van der Waals surface area contributed by atoms with Crippen LogP contribution in [-0.2, 0) is 6.42 Å². The van der Waals surface area contributed by atoms with Crippen LogP contribution in [0.15, 0.2) is 6.07 Å². The van der Waals surface area contributed by atoms with Crippen molar-refractivity contribution in [3.05, 3.63) is 17.6 Å². The number of nitrogens with two attached hydrogens (primary N) is 1. The minimum absolute atomic E-state index is 0.727. The Morgan fingerprint density at radius 3 is 2.59 bits per heavy atom. The van der Waals surface area contributed by atoms with Gasteiger partial charge in [-0.2, -0.15) is 0 Å². The monoisotopic (exact) mass is 236 g/mol. The summed E-state index contributed by atoms with van der Waals surface area (Å²) in [6.45, 7) is 9.03. The van der Waals surface area contributed by atoms with E-state index in [2.05, 4.69) is 34.8 Å². The largest absolute Gasteiger partial charge is 0.356 e. The zero-order valence-corrected chi connectivity index (χ0v) is 11.2. The topological polar surface area (TPSA) is 55.0 Å². The van der Waals surface area contributed by atoms with Gasteiger partial charge in [-0.1, -0.05) is 13.8 Å². The van der Waals surface area contributed by atoms with Crippen molar-refractivity contribution in [3.8, 4) is 0 Å². The predicted molar refractivity (Wildman–Crippen MR) is 72.3 cm³/mol. The van der Waals surface area contributed by atoms with Gasteiger partial charge in [0.1, 0.15) is 11.6 Å². The Balaban J connectivity index is 2.87. The maximum absolute atomic E-state index is 5.58. The lowest BCUT2D eigenvalue weighted by Gasteiger charge is -2.23. The Morgan fingerprint density at radius 1 is 1.24 bits per heavy atom. The molecule has 96 valence electrons.